The number of halogens is 1. The highest BCUT2D eigenvalue weighted by atomic mass is 35.5. The molecule has 0 heterocycles. The summed E-state index contributed by atoms with van der Waals surface area (Å²) >= 11 is 7.81. The zero-order valence-corrected chi connectivity index (χ0v) is 11.3. The Bertz CT molecular complexity index is 442. The van der Waals surface area contributed by atoms with Gasteiger partial charge >= 0.3 is 0 Å². The third kappa shape index (κ3) is 3.08. The van der Waals surface area contributed by atoms with E-state index >= 15 is 0 Å². The fraction of sp³-hybridized carbons (Fsp3) is 0.462. The molecule has 1 N–H and O–H groups in total. The predicted molar refractivity (Wildman–Crippen MR) is 74.7 cm³/mol. The Hall–Kier alpha value is -0.850. The molecule has 0 saturated heterocycles. The van der Waals surface area contributed by atoms with Crippen LogP contribution in [0.25, 0.3) is 0 Å². The van der Waals surface area contributed by atoms with E-state index in [0.717, 1.165) is 10.9 Å². The molecule has 0 aliphatic heterocycles. The number of nitrogens with one attached hydrogen (secondary N) is 1. The summed E-state index contributed by atoms with van der Waals surface area (Å²) in [6.07, 6.45) is 5.78. The van der Waals surface area contributed by atoms with Crippen molar-refractivity contribution >= 4 is 29.1 Å². The van der Waals surface area contributed by atoms with E-state index in [-0.39, 0.29) is 0 Å². The van der Waals surface area contributed by atoms with Crippen LogP contribution in [0.2, 0.25) is 5.02 Å². The van der Waals surface area contributed by atoms with Crippen molar-refractivity contribution < 1.29 is 0 Å². The lowest BCUT2D eigenvalue weighted by Gasteiger charge is -2.15. The Morgan fingerprint density at radius 2 is 2.29 bits per heavy atom. The number of nitriles is 1. The van der Waals surface area contributed by atoms with Crippen LogP contribution < -0.4 is 5.32 Å². The molecule has 0 spiro atoms. The summed E-state index contributed by atoms with van der Waals surface area (Å²) in [6.45, 7) is 0. The second-order valence-electron chi connectivity index (χ2n) is 4.31. The van der Waals surface area contributed by atoms with E-state index < -0.39 is 0 Å². The van der Waals surface area contributed by atoms with Gasteiger partial charge in [-0.1, -0.05) is 11.6 Å². The summed E-state index contributed by atoms with van der Waals surface area (Å²) in [5.41, 5.74) is 1.54. The van der Waals surface area contributed by atoms with E-state index in [1.54, 1.807) is 6.07 Å². The lowest BCUT2D eigenvalue weighted by molar-refractivity contribution is 0.757. The first-order valence-corrected chi connectivity index (χ1v) is 7.38. The molecule has 1 saturated carbocycles. The van der Waals surface area contributed by atoms with Crippen LogP contribution in [-0.2, 0) is 0 Å². The third-order valence-electron chi connectivity index (χ3n) is 3.18. The van der Waals surface area contributed by atoms with Crippen LogP contribution in [0.4, 0.5) is 5.69 Å². The lowest BCUT2D eigenvalue weighted by Crippen LogP contribution is -2.16. The van der Waals surface area contributed by atoms with E-state index in [1.165, 1.54) is 19.3 Å². The summed E-state index contributed by atoms with van der Waals surface area (Å²) in [5.74, 6) is 0. The maximum Gasteiger partial charge on any atom is 0.101 e. The molecule has 17 heavy (non-hydrogen) atoms. The molecule has 1 fully saturated rings. The molecular weight excluding hydrogens is 252 g/mol. The van der Waals surface area contributed by atoms with Gasteiger partial charge < -0.3 is 5.32 Å². The van der Waals surface area contributed by atoms with Gasteiger partial charge in [-0.25, -0.2) is 0 Å². The van der Waals surface area contributed by atoms with Gasteiger partial charge in [0.15, 0.2) is 0 Å². The highest BCUT2D eigenvalue weighted by Crippen LogP contribution is 2.31. The van der Waals surface area contributed by atoms with Gasteiger partial charge in [-0.15, -0.1) is 0 Å². The van der Waals surface area contributed by atoms with E-state index in [2.05, 4.69) is 17.6 Å². The van der Waals surface area contributed by atoms with Gasteiger partial charge in [0.1, 0.15) is 6.07 Å². The number of thioether (sulfide) groups is 1. The number of benzene rings is 1. The van der Waals surface area contributed by atoms with Gasteiger partial charge in [0.05, 0.1) is 11.3 Å². The summed E-state index contributed by atoms with van der Waals surface area (Å²) in [7, 11) is 0. The van der Waals surface area contributed by atoms with E-state index in [1.807, 2.05) is 23.9 Å². The molecule has 1 aliphatic rings. The van der Waals surface area contributed by atoms with Crippen molar-refractivity contribution in [3.8, 4) is 6.07 Å². The van der Waals surface area contributed by atoms with Crippen molar-refractivity contribution in [2.24, 2.45) is 0 Å². The average Bonchev–Trinajstić information content (AvgIpc) is 2.79. The minimum atomic E-state index is 0.487. The van der Waals surface area contributed by atoms with Crippen molar-refractivity contribution in [2.75, 3.05) is 11.6 Å². The highest BCUT2D eigenvalue weighted by molar-refractivity contribution is 7.99. The molecular formula is C13H15ClN2S. The van der Waals surface area contributed by atoms with Gasteiger partial charge in [0.25, 0.3) is 0 Å². The summed E-state index contributed by atoms with van der Waals surface area (Å²) in [4.78, 5) is 0. The molecule has 2 atom stereocenters. The average molecular weight is 267 g/mol. The standard InChI is InChI=1S/C13H15ClN2S/c1-17-12-4-3-11(7-12)16-13-5-2-10(14)6-9(13)8-15/h2,5-6,11-12,16H,3-4,7H2,1H3. The molecule has 0 amide bonds. The Morgan fingerprint density at radius 3 is 2.94 bits per heavy atom. The first-order chi connectivity index (χ1) is 8.22. The topological polar surface area (TPSA) is 35.8 Å². The van der Waals surface area contributed by atoms with Crippen LogP contribution in [0.1, 0.15) is 24.8 Å². The Balaban J connectivity index is 2.07. The maximum absolute atomic E-state index is 9.06. The molecule has 0 bridgehead atoms. The second kappa shape index (κ2) is 5.66. The number of rotatable bonds is 3. The molecule has 1 aromatic rings. The highest BCUT2D eigenvalue weighted by Gasteiger charge is 2.24. The summed E-state index contributed by atoms with van der Waals surface area (Å²) < 4.78 is 0. The lowest BCUT2D eigenvalue weighted by atomic mass is 10.1. The fourth-order valence-electron chi connectivity index (χ4n) is 2.24. The van der Waals surface area contributed by atoms with Crippen LogP contribution in [-0.4, -0.2) is 17.5 Å². The van der Waals surface area contributed by atoms with Crippen LogP contribution in [0, 0.1) is 11.3 Å². The maximum atomic E-state index is 9.06. The third-order valence-corrected chi connectivity index (χ3v) is 4.51. The van der Waals surface area contributed by atoms with Crippen molar-refractivity contribution in [1.82, 2.24) is 0 Å². The van der Waals surface area contributed by atoms with Crippen molar-refractivity contribution in [3.63, 3.8) is 0 Å². The van der Waals surface area contributed by atoms with E-state index in [9.17, 15) is 0 Å². The molecule has 2 unspecified atom stereocenters. The molecule has 0 radical (unpaired) electrons. The zero-order chi connectivity index (χ0) is 12.3. The van der Waals surface area contributed by atoms with Crippen LogP contribution in [0.5, 0.6) is 0 Å². The molecule has 2 nitrogen and oxygen atoms in total. The normalized spacial score (nSPS) is 23.4. The summed E-state index contributed by atoms with van der Waals surface area (Å²) in [5, 5.41) is 13.9. The largest absolute Gasteiger partial charge is 0.381 e. The quantitative estimate of drug-likeness (QED) is 0.901. The van der Waals surface area contributed by atoms with Crippen molar-refractivity contribution in [3.05, 3.63) is 28.8 Å². The SMILES string of the molecule is CSC1CCC(Nc2ccc(Cl)cc2C#N)C1. The van der Waals surface area contributed by atoms with Gasteiger partial charge in [-0.2, -0.15) is 17.0 Å². The minimum Gasteiger partial charge on any atom is -0.381 e. The van der Waals surface area contributed by atoms with Gasteiger partial charge in [-0.3, -0.25) is 0 Å². The Morgan fingerprint density at radius 1 is 1.47 bits per heavy atom. The summed E-state index contributed by atoms with van der Waals surface area (Å²) in [6, 6.07) is 8.10. The fourth-order valence-corrected chi connectivity index (χ4v) is 3.21. The molecule has 2 rings (SSSR count). The number of anilines is 1. The van der Waals surface area contributed by atoms with Gasteiger partial charge in [0.2, 0.25) is 0 Å². The number of hydrogen-bond donors (Lipinski definition) is 1. The zero-order valence-electron chi connectivity index (χ0n) is 9.74. The van der Waals surface area contributed by atoms with E-state index in [0.29, 0.717) is 16.6 Å². The van der Waals surface area contributed by atoms with Gasteiger partial charge in [0, 0.05) is 16.3 Å². The Kier molecular flexibility index (Phi) is 4.20. The van der Waals surface area contributed by atoms with Crippen LogP contribution in [0.3, 0.4) is 0 Å². The molecule has 0 aromatic heterocycles. The first kappa shape index (κ1) is 12.6. The number of hydrogen-bond acceptors (Lipinski definition) is 3. The molecule has 1 aromatic carbocycles. The second-order valence-corrected chi connectivity index (χ2v) is 5.89. The van der Waals surface area contributed by atoms with Crippen molar-refractivity contribution in [1.29, 1.82) is 5.26 Å². The van der Waals surface area contributed by atoms with Crippen LogP contribution >= 0.6 is 23.4 Å². The van der Waals surface area contributed by atoms with Crippen molar-refractivity contribution in [2.45, 2.75) is 30.6 Å². The first-order valence-electron chi connectivity index (χ1n) is 5.72. The van der Waals surface area contributed by atoms with Gasteiger partial charge in [-0.05, 0) is 43.7 Å². The van der Waals surface area contributed by atoms with Crippen LogP contribution in [0.15, 0.2) is 18.2 Å². The smallest absolute Gasteiger partial charge is 0.101 e. The number of nitrogens with zero attached hydrogens (tertiary/aromatic N) is 1. The monoisotopic (exact) mass is 266 g/mol. The predicted octanol–water partition coefficient (Wildman–Crippen LogP) is 3.91. The Labute approximate surface area is 111 Å². The molecule has 4 heteroatoms. The van der Waals surface area contributed by atoms with E-state index in [4.69, 9.17) is 16.9 Å². The molecule has 90 valence electrons. The minimum absolute atomic E-state index is 0.487. The molecule has 1 aliphatic carbocycles.